The molecule has 0 fully saturated rings. The molecule has 1 rings (SSSR count). The van der Waals surface area contributed by atoms with Gasteiger partial charge in [0.25, 0.3) is 0 Å². The molecule has 13 heavy (non-hydrogen) atoms. The van der Waals surface area contributed by atoms with Gasteiger partial charge < -0.3 is 0 Å². The molecule has 1 unspecified atom stereocenters. The number of rotatable bonds is 4. The van der Waals surface area contributed by atoms with E-state index in [1.165, 1.54) is 5.56 Å². The first-order valence-corrected chi connectivity index (χ1v) is 5.74. The van der Waals surface area contributed by atoms with Crippen LogP contribution < -0.4 is 0 Å². The Morgan fingerprint density at radius 1 is 1.54 bits per heavy atom. The van der Waals surface area contributed by atoms with Crippen molar-refractivity contribution in [3.05, 3.63) is 28.5 Å². The molecule has 0 radical (unpaired) electrons. The van der Waals surface area contributed by atoms with Crippen LogP contribution in [0, 0.1) is 5.92 Å². The molecule has 0 amide bonds. The first-order valence-electron chi connectivity index (χ1n) is 4.41. The zero-order valence-corrected chi connectivity index (χ0v) is 9.98. The van der Waals surface area contributed by atoms with Gasteiger partial charge in [0.05, 0.1) is 0 Å². The van der Waals surface area contributed by atoms with E-state index < -0.39 is 0 Å². The lowest BCUT2D eigenvalue weighted by Gasteiger charge is -2.10. The Bertz CT molecular complexity index is 261. The maximum Gasteiger partial charge on any atom is 0.0410 e. The van der Waals surface area contributed by atoms with Crippen molar-refractivity contribution >= 4 is 27.5 Å². The van der Waals surface area contributed by atoms with Crippen LogP contribution in [0.5, 0.6) is 0 Å². The number of nitrogens with zero attached hydrogens (tertiary/aromatic N) is 1. The van der Waals surface area contributed by atoms with Gasteiger partial charge in [-0.25, -0.2) is 0 Å². The summed E-state index contributed by atoms with van der Waals surface area (Å²) in [5, 5.41) is 0. The minimum atomic E-state index is 0.567. The van der Waals surface area contributed by atoms with E-state index >= 15 is 0 Å². The Balaban J connectivity index is 2.62. The zero-order valence-electron chi connectivity index (χ0n) is 7.63. The van der Waals surface area contributed by atoms with Crippen molar-refractivity contribution in [3.63, 3.8) is 0 Å². The Hall–Kier alpha value is -0.0800. The molecular weight excluding hydrogens is 249 g/mol. The summed E-state index contributed by atoms with van der Waals surface area (Å²) in [6, 6.07) is 2.10. The summed E-state index contributed by atoms with van der Waals surface area (Å²) in [7, 11) is 0. The molecule has 1 atom stereocenters. The number of pyridine rings is 1. The van der Waals surface area contributed by atoms with E-state index in [1.807, 2.05) is 6.20 Å². The largest absolute Gasteiger partial charge is 0.263 e. The molecule has 0 aliphatic rings. The predicted octanol–water partition coefficient (Wildman–Crippen LogP) is 3.65. The molecule has 0 aromatic carbocycles. The van der Waals surface area contributed by atoms with Gasteiger partial charge in [0.2, 0.25) is 0 Å². The number of halogens is 2. The lowest BCUT2D eigenvalue weighted by Crippen LogP contribution is -2.04. The average molecular weight is 263 g/mol. The summed E-state index contributed by atoms with van der Waals surface area (Å²) in [5.74, 6) is 1.29. The van der Waals surface area contributed by atoms with Crippen LogP contribution in [0.2, 0.25) is 0 Å². The minimum absolute atomic E-state index is 0.567. The third kappa shape index (κ3) is 3.65. The second kappa shape index (κ2) is 5.61. The van der Waals surface area contributed by atoms with E-state index in [9.17, 15) is 0 Å². The van der Waals surface area contributed by atoms with Crippen molar-refractivity contribution in [2.24, 2.45) is 5.92 Å². The molecule has 0 spiro atoms. The van der Waals surface area contributed by atoms with Crippen LogP contribution in [-0.4, -0.2) is 10.9 Å². The molecule has 1 nitrogen and oxygen atoms in total. The van der Waals surface area contributed by atoms with Crippen molar-refractivity contribution < 1.29 is 0 Å². The summed E-state index contributed by atoms with van der Waals surface area (Å²) in [6.45, 7) is 2.17. The quantitative estimate of drug-likeness (QED) is 0.755. The predicted molar refractivity (Wildman–Crippen MR) is 60.1 cm³/mol. The van der Waals surface area contributed by atoms with Crippen molar-refractivity contribution in [1.29, 1.82) is 0 Å². The molecule has 0 aliphatic carbocycles. The van der Waals surface area contributed by atoms with Crippen LogP contribution in [0.3, 0.4) is 0 Å². The van der Waals surface area contributed by atoms with Gasteiger partial charge in [-0.1, -0.05) is 13.3 Å². The van der Waals surface area contributed by atoms with Crippen molar-refractivity contribution in [2.45, 2.75) is 19.8 Å². The van der Waals surface area contributed by atoms with Gasteiger partial charge in [-0.3, -0.25) is 4.98 Å². The number of hydrogen-bond donors (Lipinski definition) is 0. The van der Waals surface area contributed by atoms with Gasteiger partial charge in [0.15, 0.2) is 0 Å². The van der Waals surface area contributed by atoms with Gasteiger partial charge in [-0.2, -0.15) is 0 Å². The highest BCUT2D eigenvalue weighted by Gasteiger charge is 2.06. The Morgan fingerprint density at radius 2 is 2.31 bits per heavy atom. The Kier molecular flexibility index (Phi) is 4.74. The molecule has 0 saturated carbocycles. The van der Waals surface area contributed by atoms with Crippen molar-refractivity contribution in [1.82, 2.24) is 4.98 Å². The third-order valence-electron chi connectivity index (χ3n) is 2.08. The van der Waals surface area contributed by atoms with Crippen LogP contribution in [0.4, 0.5) is 0 Å². The summed E-state index contributed by atoms with van der Waals surface area (Å²) >= 11 is 9.23. The van der Waals surface area contributed by atoms with Gasteiger partial charge in [0.1, 0.15) is 0 Å². The monoisotopic (exact) mass is 261 g/mol. The van der Waals surface area contributed by atoms with E-state index in [1.54, 1.807) is 6.20 Å². The fraction of sp³-hybridized carbons (Fsp3) is 0.500. The first kappa shape index (κ1) is 11.0. The van der Waals surface area contributed by atoms with E-state index in [4.69, 9.17) is 11.6 Å². The second-order valence-corrected chi connectivity index (χ2v) is 4.37. The smallest absolute Gasteiger partial charge is 0.0410 e. The molecule has 0 saturated heterocycles. The standard InChI is InChI=1S/C10H13BrClN/c1-2-8(5-12)3-9-4-10(11)7-13-6-9/h4,6-8H,2-3,5H2,1H3. The maximum atomic E-state index is 5.83. The van der Waals surface area contributed by atoms with Crippen LogP contribution >= 0.6 is 27.5 Å². The van der Waals surface area contributed by atoms with Gasteiger partial charge in [-0.15, -0.1) is 11.6 Å². The molecule has 1 aromatic heterocycles. The highest BCUT2D eigenvalue weighted by atomic mass is 79.9. The Labute approximate surface area is 92.6 Å². The van der Waals surface area contributed by atoms with Gasteiger partial charge >= 0.3 is 0 Å². The molecule has 3 heteroatoms. The molecule has 72 valence electrons. The fourth-order valence-electron chi connectivity index (χ4n) is 1.21. The van der Waals surface area contributed by atoms with Crippen molar-refractivity contribution in [3.8, 4) is 0 Å². The van der Waals surface area contributed by atoms with Gasteiger partial charge in [0, 0.05) is 22.7 Å². The average Bonchev–Trinajstić information content (AvgIpc) is 2.14. The van der Waals surface area contributed by atoms with Crippen LogP contribution in [0.1, 0.15) is 18.9 Å². The van der Waals surface area contributed by atoms with E-state index in [2.05, 4.69) is 33.9 Å². The molecule has 1 heterocycles. The highest BCUT2D eigenvalue weighted by molar-refractivity contribution is 9.10. The summed E-state index contributed by atoms with van der Waals surface area (Å²) in [4.78, 5) is 4.12. The fourth-order valence-corrected chi connectivity index (χ4v) is 1.95. The number of alkyl halides is 1. The summed E-state index contributed by atoms with van der Waals surface area (Å²) in [6.07, 6.45) is 5.84. The molecule has 0 N–H and O–H groups in total. The SMILES string of the molecule is CCC(CCl)Cc1cncc(Br)c1. The summed E-state index contributed by atoms with van der Waals surface area (Å²) in [5.41, 5.74) is 1.25. The third-order valence-corrected chi connectivity index (χ3v) is 2.95. The van der Waals surface area contributed by atoms with Crippen LogP contribution in [0.15, 0.2) is 22.9 Å². The highest BCUT2D eigenvalue weighted by Crippen LogP contribution is 2.16. The number of hydrogen-bond acceptors (Lipinski definition) is 1. The van der Waals surface area contributed by atoms with Crippen LogP contribution in [-0.2, 0) is 6.42 Å². The number of aromatic nitrogens is 1. The minimum Gasteiger partial charge on any atom is -0.263 e. The lowest BCUT2D eigenvalue weighted by molar-refractivity contribution is 0.565. The van der Waals surface area contributed by atoms with E-state index in [-0.39, 0.29) is 0 Å². The molecule has 0 bridgehead atoms. The lowest BCUT2D eigenvalue weighted by atomic mass is 10.0. The van der Waals surface area contributed by atoms with Crippen LogP contribution in [0.25, 0.3) is 0 Å². The molecule has 0 aliphatic heterocycles. The Morgan fingerprint density at radius 3 is 2.85 bits per heavy atom. The molecule has 1 aromatic rings. The second-order valence-electron chi connectivity index (χ2n) is 3.14. The maximum absolute atomic E-state index is 5.83. The van der Waals surface area contributed by atoms with E-state index in [0.717, 1.165) is 23.2 Å². The van der Waals surface area contributed by atoms with E-state index in [0.29, 0.717) is 5.92 Å². The zero-order chi connectivity index (χ0) is 9.68. The van der Waals surface area contributed by atoms with Gasteiger partial charge in [-0.05, 0) is 39.9 Å². The normalized spacial score (nSPS) is 12.8. The summed E-state index contributed by atoms with van der Waals surface area (Å²) < 4.78 is 1.04. The van der Waals surface area contributed by atoms with Crippen molar-refractivity contribution in [2.75, 3.05) is 5.88 Å². The first-order chi connectivity index (χ1) is 6.26. The molecular formula is C10H13BrClN. The topological polar surface area (TPSA) is 12.9 Å².